The van der Waals surface area contributed by atoms with Gasteiger partial charge in [-0.3, -0.25) is 0 Å². The van der Waals surface area contributed by atoms with Gasteiger partial charge in [0.1, 0.15) is 0 Å². The van der Waals surface area contributed by atoms with Gasteiger partial charge >= 0.3 is 0 Å². The average molecular weight is 169 g/mol. The fraction of sp³-hybridized carbons (Fsp3) is 0.917. The largest absolute Gasteiger partial charge is 0.0654 e. The van der Waals surface area contributed by atoms with Gasteiger partial charge in [-0.15, -0.1) is 0 Å². The molecular formula is C12H25. The van der Waals surface area contributed by atoms with Crippen molar-refractivity contribution in [2.24, 2.45) is 5.92 Å². The Bertz CT molecular complexity index is 76.1. The Kier molecular flexibility index (Phi) is 9.09. The van der Waals surface area contributed by atoms with Crippen LogP contribution < -0.4 is 0 Å². The Morgan fingerprint density at radius 1 is 1.00 bits per heavy atom. The molecule has 0 N–H and O–H groups in total. The van der Waals surface area contributed by atoms with Gasteiger partial charge in [-0.05, 0) is 5.92 Å². The molecule has 0 spiro atoms. The second kappa shape index (κ2) is 9.09. The van der Waals surface area contributed by atoms with E-state index in [1.165, 1.54) is 44.9 Å². The molecule has 12 heavy (non-hydrogen) atoms. The molecule has 1 unspecified atom stereocenters. The third kappa shape index (κ3) is 8.10. The second-order valence-electron chi connectivity index (χ2n) is 3.95. The topological polar surface area (TPSA) is 0 Å². The van der Waals surface area contributed by atoms with Crippen LogP contribution in [0.3, 0.4) is 0 Å². The van der Waals surface area contributed by atoms with Gasteiger partial charge in [-0.25, -0.2) is 0 Å². The Balaban J connectivity index is 2.90. The first-order chi connectivity index (χ1) is 5.81. The van der Waals surface area contributed by atoms with E-state index in [0.29, 0.717) is 0 Å². The molecule has 0 aromatic heterocycles. The average Bonchev–Trinajstić information content (AvgIpc) is 2.10. The Hall–Kier alpha value is 0. The minimum absolute atomic E-state index is 0.844. The summed E-state index contributed by atoms with van der Waals surface area (Å²) in [6, 6.07) is 0. The van der Waals surface area contributed by atoms with Crippen LogP contribution in [0.25, 0.3) is 0 Å². The van der Waals surface area contributed by atoms with Crippen LogP contribution in [0.1, 0.15) is 65.2 Å². The monoisotopic (exact) mass is 169 g/mol. The van der Waals surface area contributed by atoms with E-state index in [0.717, 1.165) is 12.3 Å². The lowest BCUT2D eigenvalue weighted by atomic mass is 10.00. The van der Waals surface area contributed by atoms with Crippen molar-refractivity contribution in [3.63, 3.8) is 0 Å². The highest BCUT2D eigenvalue weighted by atomic mass is 14.0. The lowest BCUT2D eigenvalue weighted by Gasteiger charge is -2.06. The minimum Gasteiger partial charge on any atom is -0.0654 e. The molecule has 0 aliphatic heterocycles. The van der Waals surface area contributed by atoms with E-state index in [1.807, 2.05) is 0 Å². The third-order valence-electron chi connectivity index (χ3n) is 2.54. The van der Waals surface area contributed by atoms with Gasteiger partial charge in [0.05, 0.1) is 0 Å². The maximum absolute atomic E-state index is 3.91. The zero-order valence-electron chi connectivity index (χ0n) is 8.94. The van der Waals surface area contributed by atoms with Gasteiger partial charge in [0.2, 0.25) is 0 Å². The number of rotatable bonds is 8. The maximum Gasteiger partial charge on any atom is -0.0443 e. The number of hydrogen-bond donors (Lipinski definition) is 0. The summed E-state index contributed by atoms with van der Waals surface area (Å²) in [5, 5.41) is 0. The highest BCUT2D eigenvalue weighted by molar-refractivity contribution is 4.54. The van der Waals surface area contributed by atoms with Crippen molar-refractivity contribution in [2.45, 2.75) is 65.2 Å². The van der Waals surface area contributed by atoms with Gasteiger partial charge in [0, 0.05) is 0 Å². The van der Waals surface area contributed by atoms with Crippen LogP contribution in [0, 0.1) is 12.8 Å². The van der Waals surface area contributed by atoms with E-state index in [-0.39, 0.29) is 0 Å². The first kappa shape index (κ1) is 12.0. The van der Waals surface area contributed by atoms with Crippen molar-refractivity contribution in [1.82, 2.24) is 0 Å². The molecule has 0 nitrogen and oxygen atoms in total. The Morgan fingerprint density at radius 3 is 2.17 bits per heavy atom. The number of hydrogen-bond acceptors (Lipinski definition) is 0. The third-order valence-corrected chi connectivity index (χ3v) is 2.54. The lowest BCUT2D eigenvalue weighted by molar-refractivity contribution is 0.486. The summed E-state index contributed by atoms with van der Waals surface area (Å²) in [6.07, 6.45) is 11.0. The zero-order valence-corrected chi connectivity index (χ0v) is 8.94. The highest BCUT2D eigenvalue weighted by Crippen LogP contribution is 2.13. The zero-order chi connectivity index (χ0) is 9.23. The molecule has 0 heteroatoms. The Labute approximate surface area is 78.8 Å². The normalized spacial score (nSPS) is 13.2. The molecule has 0 bridgehead atoms. The van der Waals surface area contributed by atoms with E-state index < -0.39 is 0 Å². The molecule has 0 aliphatic rings. The smallest absolute Gasteiger partial charge is 0.0443 e. The molecule has 0 saturated heterocycles. The summed E-state index contributed by atoms with van der Waals surface area (Å²) in [7, 11) is 0. The van der Waals surface area contributed by atoms with E-state index >= 15 is 0 Å². The summed E-state index contributed by atoms with van der Waals surface area (Å²) in [5.41, 5.74) is 0. The quantitative estimate of drug-likeness (QED) is 0.466. The lowest BCUT2D eigenvalue weighted by Crippen LogP contribution is -1.91. The first-order valence-corrected chi connectivity index (χ1v) is 5.60. The second-order valence-corrected chi connectivity index (χ2v) is 3.95. The highest BCUT2D eigenvalue weighted by Gasteiger charge is 1.97. The summed E-state index contributed by atoms with van der Waals surface area (Å²) in [5.74, 6) is 0.844. The molecule has 1 atom stereocenters. The van der Waals surface area contributed by atoms with E-state index in [1.54, 1.807) is 0 Å². The number of unbranched alkanes of at least 4 members (excludes halogenated alkanes) is 5. The molecule has 0 fully saturated rings. The predicted molar refractivity (Wildman–Crippen MR) is 57.1 cm³/mol. The van der Waals surface area contributed by atoms with Crippen molar-refractivity contribution < 1.29 is 0 Å². The maximum atomic E-state index is 3.91. The molecule has 73 valence electrons. The molecule has 0 aromatic carbocycles. The van der Waals surface area contributed by atoms with Crippen molar-refractivity contribution in [1.29, 1.82) is 0 Å². The van der Waals surface area contributed by atoms with Crippen molar-refractivity contribution in [3.05, 3.63) is 6.92 Å². The molecule has 1 radical (unpaired) electrons. The Morgan fingerprint density at radius 2 is 1.58 bits per heavy atom. The molecule has 0 amide bonds. The van der Waals surface area contributed by atoms with Crippen LogP contribution in [0.15, 0.2) is 0 Å². The van der Waals surface area contributed by atoms with Crippen LogP contribution >= 0.6 is 0 Å². The van der Waals surface area contributed by atoms with E-state index in [4.69, 9.17) is 0 Å². The van der Waals surface area contributed by atoms with Crippen LogP contribution in [-0.4, -0.2) is 0 Å². The molecule has 0 heterocycles. The standard InChI is InChI=1S/C12H25/c1-4-6-7-8-9-10-11-12(3)5-2/h12H,2,4-11H2,1,3H3. The minimum atomic E-state index is 0.844. The summed E-state index contributed by atoms with van der Waals surface area (Å²) < 4.78 is 0. The predicted octanol–water partition coefficient (Wildman–Crippen LogP) is 4.60. The van der Waals surface area contributed by atoms with Crippen LogP contribution in [0.4, 0.5) is 0 Å². The fourth-order valence-corrected chi connectivity index (χ4v) is 1.42. The van der Waals surface area contributed by atoms with Gasteiger partial charge in [0.15, 0.2) is 0 Å². The summed E-state index contributed by atoms with van der Waals surface area (Å²) in [6.45, 7) is 8.49. The van der Waals surface area contributed by atoms with Crippen LogP contribution in [-0.2, 0) is 0 Å². The molecule has 0 aromatic rings. The molecular weight excluding hydrogens is 144 g/mol. The first-order valence-electron chi connectivity index (χ1n) is 5.60. The van der Waals surface area contributed by atoms with Crippen LogP contribution in [0.5, 0.6) is 0 Å². The molecule has 0 saturated carbocycles. The van der Waals surface area contributed by atoms with Gasteiger partial charge < -0.3 is 0 Å². The molecule has 0 aliphatic carbocycles. The van der Waals surface area contributed by atoms with Gasteiger partial charge in [-0.2, -0.15) is 0 Å². The van der Waals surface area contributed by atoms with Gasteiger partial charge in [0.25, 0.3) is 0 Å². The summed E-state index contributed by atoms with van der Waals surface area (Å²) in [4.78, 5) is 0. The summed E-state index contributed by atoms with van der Waals surface area (Å²) >= 11 is 0. The fourth-order valence-electron chi connectivity index (χ4n) is 1.42. The van der Waals surface area contributed by atoms with Crippen LogP contribution in [0.2, 0.25) is 0 Å². The SMILES string of the molecule is [CH2]CC(C)CCCCCCCC. The van der Waals surface area contributed by atoms with Crippen molar-refractivity contribution in [2.75, 3.05) is 0 Å². The van der Waals surface area contributed by atoms with Crippen molar-refractivity contribution >= 4 is 0 Å². The van der Waals surface area contributed by atoms with Crippen molar-refractivity contribution in [3.8, 4) is 0 Å². The van der Waals surface area contributed by atoms with E-state index in [2.05, 4.69) is 20.8 Å². The molecule has 0 rings (SSSR count). The van der Waals surface area contributed by atoms with E-state index in [9.17, 15) is 0 Å². The van der Waals surface area contributed by atoms with Gasteiger partial charge in [-0.1, -0.05) is 72.1 Å².